The van der Waals surface area contributed by atoms with Crippen LogP contribution in [0.2, 0.25) is 0 Å². The summed E-state index contributed by atoms with van der Waals surface area (Å²) in [6.45, 7) is 0. The van der Waals surface area contributed by atoms with Crippen LogP contribution in [0.1, 0.15) is 22.3 Å². The van der Waals surface area contributed by atoms with E-state index >= 15 is 4.21 Å². The van der Waals surface area contributed by atoms with Crippen molar-refractivity contribution in [3.8, 4) is 5.75 Å². The van der Waals surface area contributed by atoms with E-state index in [2.05, 4.69) is 24.3 Å². The van der Waals surface area contributed by atoms with Crippen LogP contribution in [-0.4, -0.2) is 17.0 Å². The van der Waals surface area contributed by atoms with E-state index < -0.39 is 21.1 Å². The first-order chi connectivity index (χ1) is 19.2. The average molecular weight is 530 g/mol. The van der Waals surface area contributed by atoms with Crippen molar-refractivity contribution in [1.29, 1.82) is 0 Å². The van der Waals surface area contributed by atoms with E-state index in [1.165, 1.54) is 0 Å². The summed E-state index contributed by atoms with van der Waals surface area (Å²) in [7, 11) is -0.0866. The molecule has 4 nitrogen and oxygen atoms in total. The number of ether oxygens (including phenoxy) is 1. The first kappa shape index (κ1) is 24.8. The number of rotatable bonds is 7. The first-order valence-electron chi connectivity index (χ1n) is 12.8. The van der Waals surface area contributed by atoms with Gasteiger partial charge in [0.25, 0.3) is 4.93 Å². The summed E-state index contributed by atoms with van der Waals surface area (Å²) in [4.78, 5) is 5.85. The molecule has 0 bridgehead atoms. The zero-order chi connectivity index (χ0) is 26.7. The number of oxime groups is 1. The van der Waals surface area contributed by atoms with E-state index in [1.807, 2.05) is 121 Å². The highest BCUT2D eigenvalue weighted by Gasteiger charge is 2.68. The third-order valence-electron chi connectivity index (χ3n) is 7.26. The summed E-state index contributed by atoms with van der Waals surface area (Å²) >= 11 is 0. The lowest BCUT2D eigenvalue weighted by Crippen LogP contribution is -2.55. The van der Waals surface area contributed by atoms with Crippen molar-refractivity contribution in [2.24, 2.45) is 5.16 Å². The molecule has 39 heavy (non-hydrogen) atoms. The van der Waals surface area contributed by atoms with Crippen LogP contribution >= 0.6 is 0 Å². The van der Waals surface area contributed by atoms with Gasteiger partial charge < -0.3 is 9.57 Å². The van der Waals surface area contributed by atoms with E-state index in [-0.39, 0.29) is 0 Å². The Hall–Kier alpha value is -4.48. The maximum absolute atomic E-state index is 15.1. The van der Waals surface area contributed by atoms with Gasteiger partial charge in [-0.25, -0.2) is 4.21 Å². The molecule has 0 radical (unpaired) electrons. The van der Waals surface area contributed by atoms with Crippen molar-refractivity contribution in [1.82, 2.24) is 0 Å². The summed E-state index contributed by atoms with van der Waals surface area (Å²) in [5.41, 5.74) is 3.10. The smallest absolute Gasteiger partial charge is 0.259 e. The molecule has 1 heterocycles. The lowest BCUT2D eigenvalue weighted by molar-refractivity contribution is 0.0214. The van der Waals surface area contributed by atoms with Crippen LogP contribution in [0.25, 0.3) is 0 Å². The summed E-state index contributed by atoms with van der Waals surface area (Å²) in [6, 6.07) is 47.4. The van der Waals surface area contributed by atoms with Crippen LogP contribution in [-0.2, 0) is 26.0 Å². The van der Waals surface area contributed by atoms with Gasteiger partial charge in [-0.2, -0.15) is 0 Å². The first-order valence-corrected chi connectivity index (χ1v) is 13.9. The Morgan fingerprint density at radius 3 is 1.62 bits per heavy atom. The third-order valence-corrected chi connectivity index (χ3v) is 9.10. The van der Waals surface area contributed by atoms with Gasteiger partial charge in [0.05, 0.1) is 7.11 Å². The molecule has 5 heteroatoms. The van der Waals surface area contributed by atoms with Crippen molar-refractivity contribution in [3.05, 3.63) is 168 Å². The van der Waals surface area contributed by atoms with E-state index in [0.29, 0.717) is 16.4 Å². The van der Waals surface area contributed by atoms with Gasteiger partial charge in [0.2, 0.25) is 0 Å². The Kier molecular flexibility index (Phi) is 6.59. The fourth-order valence-electron chi connectivity index (χ4n) is 5.53. The molecule has 2 unspecified atom stereocenters. The predicted octanol–water partition coefficient (Wildman–Crippen LogP) is 7.08. The van der Waals surface area contributed by atoms with Gasteiger partial charge in [0, 0.05) is 16.0 Å². The molecule has 0 aliphatic carbocycles. The van der Waals surface area contributed by atoms with Gasteiger partial charge in [0.1, 0.15) is 27.7 Å². The largest absolute Gasteiger partial charge is 0.497 e. The minimum Gasteiger partial charge on any atom is -0.497 e. The fourth-order valence-corrected chi connectivity index (χ4v) is 7.34. The summed E-state index contributed by atoms with van der Waals surface area (Å²) < 4.78 is 20.6. The summed E-state index contributed by atoms with van der Waals surface area (Å²) in [5, 5.41) is 4.82. The van der Waals surface area contributed by atoms with Gasteiger partial charge in [-0.15, -0.1) is 0 Å². The fraction of sp³-hybridized carbons (Fsp3) is 0.0882. The highest BCUT2D eigenvalue weighted by atomic mass is 32.2. The molecule has 5 aromatic carbocycles. The second-order valence-corrected chi connectivity index (χ2v) is 10.9. The van der Waals surface area contributed by atoms with Crippen molar-refractivity contribution in [2.75, 3.05) is 7.11 Å². The maximum atomic E-state index is 15.1. The molecule has 0 aromatic heterocycles. The molecule has 1 aliphatic rings. The number of hydrogen-bond acceptors (Lipinski definition) is 4. The summed E-state index contributed by atoms with van der Waals surface area (Å²) in [5.74, 6) is 0.701. The molecule has 0 saturated carbocycles. The maximum Gasteiger partial charge on any atom is 0.259 e. The van der Waals surface area contributed by atoms with Crippen molar-refractivity contribution < 1.29 is 13.8 Å². The van der Waals surface area contributed by atoms with E-state index in [9.17, 15) is 0 Å². The second kappa shape index (κ2) is 10.4. The van der Waals surface area contributed by atoms with E-state index in [1.54, 1.807) is 7.11 Å². The van der Waals surface area contributed by atoms with Crippen molar-refractivity contribution in [3.63, 3.8) is 0 Å². The van der Waals surface area contributed by atoms with Crippen LogP contribution in [0.4, 0.5) is 0 Å². The lowest BCUT2D eigenvalue weighted by atomic mass is 9.64. The molecule has 6 rings (SSSR count). The van der Waals surface area contributed by atoms with Gasteiger partial charge in [-0.3, -0.25) is 0 Å². The van der Waals surface area contributed by atoms with Gasteiger partial charge >= 0.3 is 0 Å². The molecular formula is C34H27NO3S. The minimum atomic E-state index is -1.72. The molecule has 0 amide bonds. The van der Waals surface area contributed by atoms with E-state index in [4.69, 9.17) is 14.7 Å². The van der Waals surface area contributed by atoms with Gasteiger partial charge in [0.15, 0.2) is 0 Å². The van der Waals surface area contributed by atoms with Crippen molar-refractivity contribution >= 4 is 16.5 Å². The molecule has 192 valence electrons. The zero-order valence-corrected chi connectivity index (χ0v) is 22.3. The van der Waals surface area contributed by atoms with Crippen LogP contribution < -0.4 is 4.74 Å². The Morgan fingerprint density at radius 1 is 0.615 bits per heavy atom. The SMILES string of the molecule is COc1ccc(C2(S(=O)c3ccccc3)ON=C(c3ccccc3)C2(c2ccccc2)c2ccccc2)cc1. The molecule has 0 N–H and O–H groups in total. The molecule has 0 fully saturated rings. The van der Waals surface area contributed by atoms with Crippen LogP contribution in [0.15, 0.2) is 156 Å². The molecule has 0 saturated heterocycles. The Labute approximate surface area is 231 Å². The highest BCUT2D eigenvalue weighted by Crippen LogP contribution is 2.58. The van der Waals surface area contributed by atoms with Gasteiger partial charge in [-0.1, -0.05) is 126 Å². The molecule has 2 atom stereocenters. The third kappa shape index (κ3) is 3.89. The second-order valence-electron chi connectivity index (χ2n) is 9.31. The van der Waals surface area contributed by atoms with Crippen LogP contribution in [0.5, 0.6) is 5.75 Å². The van der Waals surface area contributed by atoms with Crippen LogP contribution in [0, 0.1) is 0 Å². The number of hydrogen-bond donors (Lipinski definition) is 0. The monoisotopic (exact) mass is 529 g/mol. The quantitative estimate of drug-likeness (QED) is 0.226. The number of methoxy groups -OCH3 is 1. The highest BCUT2D eigenvalue weighted by molar-refractivity contribution is 7.86. The van der Waals surface area contributed by atoms with Crippen molar-refractivity contribution in [2.45, 2.75) is 15.2 Å². The molecule has 5 aromatic rings. The predicted molar refractivity (Wildman–Crippen MR) is 155 cm³/mol. The van der Waals surface area contributed by atoms with Crippen LogP contribution in [0.3, 0.4) is 0 Å². The minimum absolute atomic E-state index is 0.647. The standard InChI is InChI=1S/C34H27NO3S/c1-37-30-24-22-29(23-25-30)34(39(36)31-20-12-5-13-21-31)33(27-16-8-3-9-17-27,28-18-10-4-11-19-28)32(35-38-34)26-14-6-2-7-15-26/h2-25H,1H3. The number of benzene rings is 5. The summed E-state index contributed by atoms with van der Waals surface area (Å²) in [6.07, 6.45) is 0. The van der Waals surface area contributed by atoms with Gasteiger partial charge in [-0.05, 0) is 35.4 Å². The topological polar surface area (TPSA) is 47.9 Å². The zero-order valence-electron chi connectivity index (χ0n) is 21.4. The Balaban J connectivity index is 1.77. The Bertz CT molecular complexity index is 1570. The number of nitrogens with zero attached hydrogens (tertiary/aromatic N) is 1. The normalized spacial score (nSPS) is 18.5. The Morgan fingerprint density at radius 2 is 1.10 bits per heavy atom. The lowest BCUT2D eigenvalue weighted by Gasteiger charge is -2.44. The van der Waals surface area contributed by atoms with E-state index in [0.717, 1.165) is 22.3 Å². The molecular weight excluding hydrogens is 502 g/mol. The average Bonchev–Trinajstić information content (AvgIpc) is 3.40. The molecule has 1 aliphatic heterocycles. The molecule has 0 spiro atoms.